The zero-order valence-electron chi connectivity index (χ0n) is 16.1. The van der Waals surface area contributed by atoms with Gasteiger partial charge in [-0.2, -0.15) is 0 Å². The first-order chi connectivity index (χ1) is 13.4. The number of hydrogen-bond donors (Lipinski definition) is 1. The van der Waals surface area contributed by atoms with Gasteiger partial charge in [-0.25, -0.2) is 0 Å². The second-order valence-electron chi connectivity index (χ2n) is 6.49. The third-order valence-corrected chi connectivity index (χ3v) is 5.29. The van der Waals surface area contributed by atoms with E-state index in [1.807, 2.05) is 18.2 Å². The van der Waals surface area contributed by atoms with Gasteiger partial charge in [0.25, 0.3) is 0 Å². The van der Waals surface area contributed by atoms with Crippen LogP contribution in [0.2, 0.25) is 0 Å². The number of ether oxygens (including phenoxy) is 2. The predicted molar refractivity (Wildman–Crippen MR) is 106 cm³/mol. The summed E-state index contributed by atoms with van der Waals surface area (Å²) >= 11 is 1.27. The van der Waals surface area contributed by atoms with E-state index < -0.39 is 5.25 Å². The van der Waals surface area contributed by atoms with Crippen LogP contribution in [0.3, 0.4) is 0 Å². The molecule has 0 fully saturated rings. The summed E-state index contributed by atoms with van der Waals surface area (Å²) in [6.07, 6.45) is 0. The van der Waals surface area contributed by atoms with Crippen LogP contribution in [-0.4, -0.2) is 53.1 Å². The Morgan fingerprint density at radius 2 is 2.00 bits per heavy atom. The van der Waals surface area contributed by atoms with Crippen molar-refractivity contribution in [3.05, 3.63) is 35.6 Å². The van der Waals surface area contributed by atoms with Crippen LogP contribution in [0, 0.1) is 6.92 Å². The summed E-state index contributed by atoms with van der Waals surface area (Å²) in [4.78, 5) is 26.2. The van der Waals surface area contributed by atoms with Crippen LogP contribution >= 0.6 is 11.8 Å². The number of hydrogen-bond acceptors (Lipinski definition) is 7. The highest BCUT2D eigenvalue weighted by atomic mass is 32.2. The molecule has 1 N–H and O–H groups in total. The molecule has 2 heterocycles. The molecular formula is C19H23N3O5S. The fourth-order valence-corrected chi connectivity index (χ4v) is 3.41. The van der Waals surface area contributed by atoms with Gasteiger partial charge < -0.3 is 24.2 Å². The van der Waals surface area contributed by atoms with Gasteiger partial charge in [-0.1, -0.05) is 11.2 Å². The summed E-state index contributed by atoms with van der Waals surface area (Å²) in [7, 11) is 1.74. The Labute approximate surface area is 167 Å². The largest absolute Gasteiger partial charge is 0.486 e. The number of fused-ring (bicyclic) bond motifs is 1. The molecule has 0 aliphatic carbocycles. The van der Waals surface area contributed by atoms with E-state index in [1.54, 1.807) is 31.9 Å². The van der Waals surface area contributed by atoms with E-state index in [2.05, 4.69) is 10.5 Å². The molecule has 1 aromatic heterocycles. The first-order valence-electron chi connectivity index (χ1n) is 8.90. The van der Waals surface area contributed by atoms with Gasteiger partial charge in [-0.05, 0) is 31.5 Å². The van der Waals surface area contributed by atoms with Crippen LogP contribution in [0.15, 0.2) is 28.8 Å². The van der Waals surface area contributed by atoms with Crippen LogP contribution in [-0.2, 0) is 16.1 Å². The molecular weight excluding hydrogens is 382 g/mol. The smallest absolute Gasteiger partial charge is 0.238 e. The number of carbonyl (C=O) groups is 2. The lowest BCUT2D eigenvalue weighted by Gasteiger charge is -2.21. The molecule has 1 aliphatic rings. The standard InChI is InChI=1S/C19H23N3O5S/c1-12-8-17(21-27-12)20-19(24)13(2)28-11-18(23)22(3)10-14-4-5-15-16(9-14)26-7-6-25-15/h4-5,8-9,13H,6-7,10-11H2,1-3H3,(H,20,21,24)/t13-/m1/s1. The molecule has 0 saturated heterocycles. The Bertz CT molecular complexity index is 854. The third-order valence-electron chi connectivity index (χ3n) is 4.16. The number of carbonyl (C=O) groups excluding carboxylic acids is 2. The van der Waals surface area contributed by atoms with E-state index >= 15 is 0 Å². The Kier molecular flexibility index (Phi) is 6.45. The number of aryl methyl sites for hydroxylation is 1. The lowest BCUT2D eigenvalue weighted by atomic mass is 10.2. The molecule has 2 aromatic rings. The zero-order chi connectivity index (χ0) is 20.1. The fourth-order valence-electron chi connectivity index (χ4n) is 2.58. The van der Waals surface area contributed by atoms with Crippen molar-refractivity contribution in [2.45, 2.75) is 25.6 Å². The minimum absolute atomic E-state index is 0.0585. The molecule has 0 saturated carbocycles. The third kappa shape index (κ3) is 5.19. The van der Waals surface area contributed by atoms with E-state index in [1.165, 1.54) is 11.8 Å². The molecule has 1 aliphatic heterocycles. The molecule has 150 valence electrons. The van der Waals surface area contributed by atoms with Gasteiger partial charge in [0.1, 0.15) is 19.0 Å². The molecule has 0 bridgehead atoms. The molecule has 28 heavy (non-hydrogen) atoms. The summed E-state index contributed by atoms with van der Waals surface area (Å²) in [5.41, 5.74) is 0.956. The Hall–Kier alpha value is -2.68. The first kappa shape index (κ1) is 20.1. The highest BCUT2D eigenvalue weighted by Crippen LogP contribution is 2.31. The minimum Gasteiger partial charge on any atom is -0.486 e. The average molecular weight is 405 g/mol. The number of aromatic nitrogens is 1. The molecule has 2 amide bonds. The minimum atomic E-state index is -0.399. The lowest BCUT2D eigenvalue weighted by molar-refractivity contribution is -0.127. The van der Waals surface area contributed by atoms with Gasteiger partial charge in [-0.15, -0.1) is 11.8 Å². The van der Waals surface area contributed by atoms with Crippen molar-refractivity contribution < 1.29 is 23.6 Å². The zero-order valence-corrected chi connectivity index (χ0v) is 16.9. The molecule has 9 heteroatoms. The summed E-state index contributed by atoms with van der Waals surface area (Å²) in [5.74, 6) is 2.34. The van der Waals surface area contributed by atoms with E-state index in [4.69, 9.17) is 14.0 Å². The molecule has 1 atom stereocenters. The maximum absolute atomic E-state index is 12.4. The summed E-state index contributed by atoms with van der Waals surface area (Å²) in [5, 5.41) is 6.00. The molecule has 1 aromatic carbocycles. The molecule has 0 unspecified atom stereocenters. The van der Waals surface area contributed by atoms with E-state index in [9.17, 15) is 9.59 Å². The summed E-state index contributed by atoms with van der Waals surface area (Å²) in [6.45, 7) is 5.02. The Morgan fingerprint density at radius 3 is 2.71 bits per heavy atom. The molecule has 0 radical (unpaired) electrons. The number of rotatable bonds is 7. The maximum atomic E-state index is 12.4. The van der Waals surface area contributed by atoms with Gasteiger partial charge in [-0.3, -0.25) is 9.59 Å². The van der Waals surface area contributed by atoms with Crippen molar-refractivity contribution in [1.29, 1.82) is 0 Å². The van der Waals surface area contributed by atoms with Crippen molar-refractivity contribution in [2.75, 3.05) is 31.3 Å². The summed E-state index contributed by atoms with van der Waals surface area (Å²) < 4.78 is 16.0. The Balaban J connectivity index is 1.46. The topological polar surface area (TPSA) is 93.9 Å². The second kappa shape index (κ2) is 9.01. The number of amides is 2. The maximum Gasteiger partial charge on any atom is 0.238 e. The average Bonchev–Trinajstić information content (AvgIpc) is 3.10. The normalized spacial score (nSPS) is 13.7. The van der Waals surface area contributed by atoms with Crippen LogP contribution in [0.25, 0.3) is 0 Å². The van der Waals surface area contributed by atoms with Crippen molar-refractivity contribution in [3.8, 4) is 11.5 Å². The number of anilines is 1. The molecule has 0 spiro atoms. The van der Waals surface area contributed by atoms with Gasteiger partial charge in [0.05, 0.1) is 11.0 Å². The van der Waals surface area contributed by atoms with Crippen molar-refractivity contribution in [3.63, 3.8) is 0 Å². The highest BCUT2D eigenvalue weighted by Gasteiger charge is 2.19. The predicted octanol–water partition coefficient (Wildman–Crippen LogP) is 2.47. The fraction of sp³-hybridized carbons (Fsp3) is 0.421. The Morgan fingerprint density at radius 1 is 1.25 bits per heavy atom. The number of thioether (sulfide) groups is 1. The summed E-state index contributed by atoms with van der Waals surface area (Å²) in [6, 6.07) is 7.30. The van der Waals surface area contributed by atoms with E-state index in [-0.39, 0.29) is 17.6 Å². The van der Waals surface area contributed by atoms with Crippen LogP contribution < -0.4 is 14.8 Å². The first-order valence-corrected chi connectivity index (χ1v) is 9.95. The highest BCUT2D eigenvalue weighted by molar-refractivity contribution is 8.01. The van der Waals surface area contributed by atoms with Gasteiger partial charge >= 0.3 is 0 Å². The SMILES string of the molecule is Cc1cc(NC(=O)[C@@H](C)SCC(=O)N(C)Cc2ccc3c(c2)OCCO3)no1. The van der Waals surface area contributed by atoms with Gasteiger partial charge in [0.2, 0.25) is 11.8 Å². The van der Waals surface area contributed by atoms with Crippen molar-refractivity contribution >= 4 is 29.4 Å². The van der Waals surface area contributed by atoms with Crippen molar-refractivity contribution in [1.82, 2.24) is 10.1 Å². The number of nitrogens with zero attached hydrogens (tertiary/aromatic N) is 2. The monoisotopic (exact) mass is 405 g/mol. The molecule has 3 rings (SSSR count). The van der Waals surface area contributed by atoms with Crippen LogP contribution in [0.5, 0.6) is 11.5 Å². The number of benzene rings is 1. The van der Waals surface area contributed by atoms with Gasteiger partial charge in [0, 0.05) is 19.7 Å². The van der Waals surface area contributed by atoms with E-state index in [0.29, 0.717) is 37.1 Å². The van der Waals surface area contributed by atoms with Crippen LogP contribution in [0.4, 0.5) is 5.82 Å². The van der Waals surface area contributed by atoms with Crippen molar-refractivity contribution in [2.24, 2.45) is 0 Å². The quantitative estimate of drug-likeness (QED) is 0.756. The van der Waals surface area contributed by atoms with E-state index in [0.717, 1.165) is 11.3 Å². The number of nitrogens with one attached hydrogen (secondary N) is 1. The second-order valence-corrected chi connectivity index (χ2v) is 7.82. The molecule has 8 nitrogen and oxygen atoms in total. The lowest BCUT2D eigenvalue weighted by Crippen LogP contribution is -2.30. The van der Waals surface area contributed by atoms with Gasteiger partial charge in [0.15, 0.2) is 17.3 Å². The van der Waals surface area contributed by atoms with Crippen LogP contribution in [0.1, 0.15) is 18.2 Å².